The van der Waals surface area contributed by atoms with E-state index in [1.54, 1.807) is 11.3 Å². The maximum atomic E-state index is 11.9. The molecule has 0 aliphatic carbocycles. The molecule has 0 aliphatic heterocycles. The van der Waals surface area contributed by atoms with Crippen LogP contribution in [0.15, 0.2) is 41.0 Å². The summed E-state index contributed by atoms with van der Waals surface area (Å²) in [4.78, 5) is 14.8. The molecule has 2 N–H and O–H groups in total. The molecule has 18 heavy (non-hydrogen) atoms. The summed E-state index contributed by atoms with van der Waals surface area (Å²) in [7, 11) is 1.83. The van der Waals surface area contributed by atoms with Gasteiger partial charge in [-0.05, 0) is 23.1 Å². The van der Waals surface area contributed by atoms with Crippen molar-refractivity contribution in [2.75, 3.05) is 7.05 Å². The van der Waals surface area contributed by atoms with Crippen molar-refractivity contribution in [3.05, 3.63) is 52.1 Å². The molecule has 2 aromatic heterocycles. The van der Waals surface area contributed by atoms with Crippen LogP contribution in [0.3, 0.4) is 0 Å². The van der Waals surface area contributed by atoms with Crippen LogP contribution in [0.1, 0.15) is 5.56 Å². The Kier molecular flexibility index (Phi) is 2.45. The molecule has 1 aromatic carbocycles. The Hall–Kier alpha value is -2.07. The summed E-state index contributed by atoms with van der Waals surface area (Å²) in [6, 6.07) is 7.86. The first-order valence-electron chi connectivity index (χ1n) is 5.61. The molecule has 2 heterocycles. The van der Waals surface area contributed by atoms with Crippen LogP contribution in [0.5, 0.6) is 0 Å². The van der Waals surface area contributed by atoms with Gasteiger partial charge in [0.2, 0.25) is 0 Å². The van der Waals surface area contributed by atoms with Gasteiger partial charge in [0.25, 0.3) is 5.56 Å². The van der Waals surface area contributed by atoms with Gasteiger partial charge in [0.15, 0.2) is 0 Å². The zero-order valence-electron chi connectivity index (χ0n) is 9.91. The summed E-state index contributed by atoms with van der Waals surface area (Å²) < 4.78 is 1.04. The molecule has 3 aromatic rings. The van der Waals surface area contributed by atoms with Gasteiger partial charge in [0.05, 0.1) is 10.9 Å². The van der Waals surface area contributed by atoms with E-state index in [0.717, 1.165) is 32.2 Å². The van der Waals surface area contributed by atoms with Gasteiger partial charge in [-0.25, -0.2) is 0 Å². The molecule has 0 bridgehead atoms. The summed E-state index contributed by atoms with van der Waals surface area (Å²) >= 11 is 1.59. The number of pyridine rings is 1. The van der Waals surface area contributed by atoms with Crippen molar-refractivity contribution in [1.82, 2.24) is 10.3 Å². The lowest BCUT2D eigenvalue weighted by atomic mass is 10.1. The summed E-state index contributed by atoms with van der Waals surface area (Å²) in [5.74, 6) is 0. The van der Waals surface area contributed by atoms with Crippen molar-refractivity contribution in [2.45, 2.75) is 0 Å². The SMILES string of the molecule is C=C(NC)c1ccc2c(c1)[nH]c(=O)c1ccsc12. The minimum absolute atomic E-state index is 0.0361. The fourth-order valence-electron chi connectivity index (χ4n) is 2.06. The van der Waals surface area contributed by atoms with Gasteiger partial charge in [-0.3, -0.25) is 4.79 Å². The molecule has 0 atom stereocenters. The first-order chi connectivity index (χ1) is 8.70. The number of nitrogens with one attached hydrogen (secondary N) is 2. The molecular formula is C14H12N2OS. The van der Waals surface area contributed by atoms with E-state index < -0.39 is 0 Å². The quantitative estimate of drug-likeness (QED) is 0.740. The summed E-state index contributed by atoms with van der Waals surface area (Å²) in [5.41, 5.74) is 2.63. The molecule has 3 rings (SSSR count). The molecule has 0 spiro atoms. The highest BCUT2D eigenvalue weighted by molar-refractivity contribution is 7.18. The number of thiophene rings is 1. The fraction of sp³-hybridized carbons (Fsp3) is 0.0714. The Labute approximate surface area is 108 Å². The van der Waals surface area contributed by atoms with Crippen LogP contribution in [0.4, 0.5) is 0 Å². The topological polar surface area (TPSA) is 44.9 Å². The second-order valence-electron chi connectivity index (χ2n) is 4.11. The van der Waals surface area contributed by atoms with E-state index >= 15 is 0 Å². The first-order valence-corrected chi connectivity index (χ1v) is 6.49. The largest absolute Gasteiger partial charge is 0.388 e. The third kappa shape index (κ3) is 1.54. The van der Waals surface area contributed by atoms with Gasteiger partial charge in [0, 0.05) is 22.8 Å². The maximum Gasteiger partial charge on any atom is 0.257 e. The Bertz CT molecular complexity index is 813. The van der Waals surface area contributed by atoms with Gasteiger partial charge >= 0.3 is 0 Å². The van der Waals surface area contributed by atoms with Crippen molar-refractivity contribution in [2.24, 2.45) is 0 Å². The zero-order chi connectivity index (χ0) is 12.7. The van der Waals surface area contributed by atoms with Crippen molar-refractivity contribution in [3.63, 3.8) is 0 Å². The standard InChI is InChI=1S/C14H12N2OS/c1-8(15-2)9-3-4-10-12(7-9)16-14(17)11-5-6-18-13(10)11/h3-7,15H,1H2,2H3,(H,16,17). The molecule has 0 aliphatic rings. The number of aromatic nitrogens is 1. The van der Waals surface area contributed by atoms with Crippen LogP contribution in [0, 0.1) is 0 Å². The van der Waals surface area contributed by atoms with Crippen LogP contribution >= 0.6 is 11.3 Å². The Morgan fingerprint density at radius 2 is 2.17 bits per heavy atom. The van der Waals surface area contributed by atoms with Gasteiger partial charge in [-0.2, -0.15) is 0 Å². The Morgan fingerprint density at radius 3 is 2.94 bits per heavy atom. The summed E-state index contributed by atoms with van der Waals surface area (Å²) in [5, 5.41) is 6.79. The van der Waals surface area contributed by atoms with E-state index in [1.165, 1.54) is 0 Å². The number of rotatable bonds is 2. The number of hydrogen-bond donors (Lipinski definition) is 2. The van der Waals surface area contributed by atoms with E-state index in [2.05, 4.69) is 16.9 Å². The van der Waals surface area contributed by atoms with E-state index in [0.29, 0.717) is 0 Å². The monoisotopic (exact) mass is 256 g/mol. The van der Waals surface area contributed by atoms with Crippen molar-refractivity contribution >= 4 is 38.0 Å². The molecule has 0 saturated heterocycles. The number of benzene rings is 1. The fourth-order valence-corrected chi connectivity index (χ4v) is 3.00. The maximum absolute atomic E-state index is 11.9. The molecule has 4 heteroatoms. The number of fused-ring (bicyclic) bond motifs is 3. The molecule has 0 radical (unpaired) electrons. The van der Waals surface area contributed by atoms with E-state index in [9.17, 15) is 4.79 Å². The normalized spacial score (nSPS) is 10.9. The molecule has 90 valence electrons. The smallest absolute Gasteiger partial charge is 0.257 e. The first kappa shape index (κ1) is 11.0. The van der Waals surface area contributed by atoms with Gasteiger partial charge < -0.3 is 10.3 Å². The van der Waals surface area contributed by atoms with Gasteiger partial charge in [-0.1, -0.05) is 18.7 Å². The lowest BCUT2D eigenvalue weighted by Crippen LogP contribution is -2.06. The number of hydrogen-bond acceptors (Lipinski definition) is 3. The van der Waals surface area contributed by atoms with E-state index in [4.69, 9.17) is 0 Å². The average molecular weight is 256 g/mol. The van der Waals surface area contributed by atoms with Crippen LogP contribution in [-0.4, -0.2) is 12.0 Å². The minimum atomic E-state index is -0.0361. The van der Waals surface area contributed by atoms with Gasteiger partial charge in [-0.15, -0.1) is 11.3 Å². The third-order valence-electron chi connectivity index (χ3n) is 3.07. The molecule has 3 nitrogen and oxygen atoms in total. The molecular weight excluding hydrogens is 244 g/mol. The summed E-state index contributed by atoms with van der Waals surface area (Å²) in [6.45, 7) is 3.92. The highest BCUT2D eigenvalue weighted by atomic mass is 32.1. The second kappa shape index (κ2) is 3.99. The Morgan fingerprint density at radius 1 is 1.33 bits per heavy atom. The number of H-pyrrole nitrogens is 1. The lowest BCUT2D eigenvalue weighted by Gasteiger charge is -2.06. The van der Waals surface area contributed by atoms with Crippen LogP contribution < -0.4 is 10.9 Å². The Balaban J connectivity index is 2.39. The predicted octanol–water partition coefficient (Wildman–Crippen LogP) is 2.93. The average Bonchev–Trinajstić information content (AvgIpc) is 2.87. The van der Waals surface area contributed by atoms with Crippen molar-refractivity contribution in [3.8, 4) is 0 Å². The minimum Gasteiger partial charge on any atom is -0.388 e. The second-order valence-corrected chi connectivity index (χ2v) is 5.02. The van der Waals surface area contributed by atoms with E-state index in [1.807, 2.05) is 36.7 Å². The molecule has 0 fully saturated rings. The zero-order valence-corrected chi connectivity index (χ0v) is 10.7. The summed E-state index contributed by atoms with van der Waals surface area (Å²) in [6.07, 6.45) is 0. The highest BCUT2D eigenvalue weighted by Gasteiger charge is 2.07. The van der Waals surface area contributed by atoms with Crippen molar-refractivity contribution < 1.29 is 0 Å². The number of aromatic amines is 1. The van der Waals surface area contributed by atoms with Crippen LogP contribution in [0.2, 0.25) is 0 Å². The van der Waals surface area contributed by atoms with Crippen molar-refractivity contribution in [1.29, 1.82) is 0 Å². The lowest BCUT2D eigenvalue weighted by molar-refractivity contribution is 1.13. The molecule has 0 amide bonds. The van der Waals surface area contributed by atoms with E-state index in [-0.39, 0.29) is 5.56 Å². The molecule has 0 unspecified atom stereocenters. The molecule has 0 saturated carbocycles. The third-order valence-corrected chi connectivity index (χ3v) is 4.02. The highest BCUT2D eigenvalue weighted by Crippen LogP contribution is 2.27. The van der Waals surface area contributed by atoms with Crippen LogP contribution in [0.25, 0.3) is 26.7 Å². The predicted molar refractivity (Wildman–Crippen MR) is 78.0 cm³/mol. The van der Waals surface area contributed by atoms with Gasteiger partial charge in [0.1, 0.15) is 0 Å². The van der Waals surface area contributed by atoms with Crippen LogP contribution in [-0.2, 0) is 0 Å².